The number of morpholine rings is 1. The Labute approximate surface area is 185 Å². The van der Waals surface area contributed by atoms with Gasteiger partial charge in [0.15, 0.2) is 0 Å². The molecule has 1 amide bonds. The van der Waals surface area contributed by atoms with Crippen molar-refractivity contribution in [3.05, 3.63) is 71.3 Å². The molecule has 0 saturated carbocycles. The molecule has 0 radical (unpaired) electrons. The standard InChI is InChI=1S/C22H27N3O2.2ClH/c23-21-16-25(15-20(21)18-6-2-1-3-7-18)22(26)19-8-4-5-17(13-19)14-24-9-11-27-12-10-24;;/h1-8,13,20-21H,9-12,14-16,23H2;2*1H/t20-,21+;;/m0../s1. The van der Waals surface area contributed by atoms with Crippen LogP contribution >= 0.6 is 24.8 Å². The quantitative estimate of drug-likeness (QED) is 0.798. The van der Waals surface area contributed by atoms with Gasteiger partial charge in [0.05, 0.1) is 13.2 Å². The predicted octanol–water partition coefficient (Wildman–Crippen LogP) is 2.93. The van der Waals surface area contributed by atoms with Gasteiger partial charge in [-0.1, -0.05) is 42.5 Å². The van der Waals surface area contributed by atoms with Gasteiger partial charge in [-0.3, -0.25) is 9.69 Å². The number of rotatable bonds is 4. The third-order valence-corrected chi connectivity index (χ3v) is 5.56. The number of benzene rings is 2. The number of ether oxygens (including phenoxy) is 1. The number of hydrogen-bond donors (Lipinski definition) is 1. The number of halogens is 2. The lowest BCUT2D eigenvalue weighted by Gasteiger charge is -2.26. The molecule has 2 fully saturated rings. The summed E-state index contributed by atoms with van der Waals surface area (Å²) in [6.45, 7) is 5.59. The van der Waals surface area contributed by atoms with E-state index in [2.05, 4.69) is 23.1 Å². The molecule has 5 nitrogen and oxygen atoms in total. The second-order valence-electron chi connectivity index (χ2n) is 7.48. The molecule has 2 aliphatic heterocycles. The zero-order valence-corrected chi connectivity index (χ0v) is 18.0. The minimum absolute atomic E-state index is 0. The Hall–Kier alpha value is -1.63. The van der Waals surface area contributed by atoms with E-state index >= 15 is 0 Å². The van der Waals surface area contributed by atoms with Crippen molar-refractivity contribution in [2.45, 2.75) is 18.5 Å². The first kappa shape index (κ1) is 23.6. The van der Waals surface area contributed by atoms with Crippen LogP contribution < -0.4 is 5.73 Å². The predicted molar refractivity (Wildman–Crippen MR) is 120 cm³/mol. The van der Waals surface area contributed by atoms with Gasteiger partial charge in [0.2, 0.25) is 0 Å². The van der Waals surface area contributed by atoms with Crippen molar-refractivity contribution in [1.29, 1.82) is 0 Å². The summed E-state index contributed by atoms with van der Waals surface area (Å²) in [6.07, 6.45) is 0. The van der Waals surface area contributed by atoms with Gasteiger partial charge in [0.25, 0.3) is 5.91 Å². The molecule has 2 heterocycles. The van der Waals surface area contributed by atoms with Crippen molar-refractivity contribution in [2.24, 2.45) is 5.73 Å². The molecule has 2 N–H and O–H groups in total. The van der Waals surface area contributed by atoms with Gasteiger partial charge in [0, 0.05) is 50.2 Å². The first-order valence-electron chi connectivity index (χ1n) is 9.69. The molecule has 158 valence electrons. The molecule has 2 saturated heterocycles. The number of carbonyl (C=O) groups excluding carboxylic acids is 1. The van der Waals surface area contributed by atoms with Gasteiger partial charge in [0.1, 0.15) is 0 Å². The van der Waals surface area contributed by atoms with Crippen LogP contribution in [-0.4, -0.2) is 61.1 Å². The fourth-order valence-corrected chi connectivity index (χ4v) is 4.05. The van der Waals surface area contributed by atoms with Gasteiger partial charge in [-0.05, 0) is 23.3 Å². The van der Waals surface area contributed by atoms with Crippen LogP contribution in [0.4, 0.5) is 0 Å². The number of nitrogens with zero attached hydrogens (tertiary/aromatic N) is 2. The molecule has 0 aromatic heterocycles. The smallest absolute Gasteiger partial charge is 0.253 e. The van der Waals surface area contributed by atoms with Crippen LogP contribution in [0.5, 0.6) is 0 Å². The van der Waals surface area contributed by atoms with E-state index in [1.54, 1.807) is 0 Å². The van der Waals surface area contributed by atoms with Gasteiger partial charge >= 0.3 is 0 Å². The van der Waals surface area contributed by atoms with Crippen molar-refractivity contribution in [3.63, 3.8) is 0 Å². The molecule has 0 spiro atoms. The monoisotopic (exact) mass is 437 g/mol. The maximum atomic E-state index is 13.1. The lowest BCUT2D eigenvalue weighted by atomic mass is 9.95. The van der Waals surface area contributed by atoms with Crippen molar-refractivity contribution in [3.8, 4) is 0 Å². The Morgan fingerprint density at radius 1 is 1.00 bits per heavy atom. The average molecular weight is 438 g/mol. The van der Waals surface area contributed by atoms with E-state index in [-0.39, 0.29) is 42.7 Å². The highest BCUT2D eigenvalue weighted by Crippen LogP contribution is 2.27. The van der Waals surface area contributed by atoms with Crippen LogP contribution in [0, 0.1) is 0 Å². The molecule has 2 atom stereocenters. The van der Waals surface area contributed by atoms with E-state index in [4.69, 9.17) is 10.5 Å². The summed E-state index contributed by atoms with van der Waals surface area (Å²) >= 11 is 0. The molecule has 7 heteroatoms. The third kappa shape index (κ3) is 5.71. The SMILES string of the molecule is Cl.Cl.N[C@@H]1CN(C(=O)c2cccc(CN3CCOCC3)c2)C[C@H]1c1ccccc1. The largest absolute Gasteiger partial charge is 0.379 e. The van der Waals surface area contributed by atoms with E-state index in [1.807, 2.05) is 41.3 Å². The Kier molecular flexibility index (Phi) is 8.93. The normalized spacial score (nSPS) is 21.9. The maximum absolute atomic E-state index is 13.1. The minimum atomic E-state index is -0.0205. The van der Waals surface area contributed by atoms with E-state index < -0.39 is 0 Å². The molecule has 4 rings (SSSR count). The van der Waals surface area contributed by atoms with E-state index in [0.717, 1.165) is 38.4 Å². The fraction of sp³-hybridized carbons (Fsp3) is 0.409. The van der Waals surface area contributed by atoms with Crippen LogP contribution in [0.15, 0.2) is 54.6 Å². The maximum Gasteiger partial charge on any atom is 0.253 e. The third-order valence-electron chi connectivity index (χ3n) is 5.56. The van der Waals surface area contributed by atoms with Crippen LogP contribution in [0.2, 0.25) is 0 Å². The second-order valence-corrected chi connectivity index (χ2v) is 7.48. The summed E-state index contributed by atoms with van der Waals surface area (Å²) in [5.74, 6) is 0.277. The Balaban J connectivity index is 0.00000150. The average Bonchev–Trinajstić information content (AvgIpc) is 3.11. The van der Waals surface area contributed by atoms with E-state index in [0.29, 0.717) is 13.1 Å². The minimum Gasteiger partial charge on any atom is -0.379 e. The van der Waals surface area contributed by atoms with Gasteiger partial charge in [-0.15, -0.1) is 24.8 Å². The van der Waals surface area contributed by atoms with Gasteiger partial charge in [-0.2, -0.15) is 0 Å². The van der Waals surface area contributed by atoms with Gasteiger partial charge < -0.3 is 15.4 Å². The topological polar surface area (TPSA) is 58.8 Å². The summed E-state index contributed by atoms with van der Waals surface area (Å²) < 4.78 is 5.41. The number of likely N-dealkylation sites (tertiary alicyclic amines) is 1. The fourth-order valence-electron chi connectivity index (χ4n) is 4.05. The number of hydrogen-bond acceptors (Lipinski definition) is 4. The highest BCUT2D eigenvalue weighted by atomic mass is 35.5. The first-order valence-corrected chi connectivity index (χ1v) is 9.69. The highest BCUT2D eigenvalue weighted by Gasteiger charge is 2.34. The Bertz CT molecular complexity index is 785. The number of carbonyl (C=O) groups is 1. The van der Waals surface area contributed by atoms with Crippen LogP contribution in [-0.2, 0) is 11.3 Å². The molecule has 0 bridgehead atoms. The summed E-state index contributed by atoms with van der Waals surface area (Å²) in [5.41, 5.74) is 9.49. The van der Waals surface area contributed by atoms with Crippen molar-refractivity contribution >= 4 is 30.7 Å². The molecule has 0 unspecified atom stereocenters. The summed E-state index contributed by atoms with van der Waals surface area (Å²) in [6, 6.07) is 18.3. The van der Waals surface area contributed by atoms with Crippen LogP contribution in [0.1, 0.15) is 27.4 Å². The Morgan fingerprint density at radius 2 is 1.72 bits per heavy atom. The van der Waals surface area contributed by atoms with Crippen molar-refractivity contribution in [2.75, 3.05) is 39.4 Å². The zero-order valence-electron chi connectivity index (χ0n) is 16.4. The zero-order chi connectivity index (χ0) is 18.6. The van der Waals surface area contributed by atoms with E-state index in [1.165, 1.54) is 11.1 Å². The molecule has 29 heavy (non-hydrogen) atoms. The van der Waals surface area contributed by atoms with Crippen molar-refractivity contribution in [1.82, 2.24) is 9.80 Å². The summed E-state index contributed by atoms with van der Waals surface area (Å²) in [5, 5.41) is 0. The molecule has 2 aliphatic rings. The number of nitrogens with two attached hydrogens (primary N) is 1. The molecule has 2 aromatic carbocycles. The summed E-state index contributed by atoms with van der Waals surface area (Å²) in [7, 11) is 0. The Morgan fingerprint density at radius 3 is 2.45 bits per heavy atom. The number of amides is 1. The molecule has 0 aliphatic carbocycles. The molecular formula is C22H29Cl2N3O2. The van der Waals surface area contributed by atoms with Crippen molar-refractivity contribution < 1.29 is 9.53 Å². The second kappa shape index (κ2) is 11.0. The summed E-state index contributed by atoms with van der Waals surface area (Å²) in [4.78, 5) is 17.3. The van der Waals surface area contributed by atoms with Crippen LogP contribution in [0.25, 0.3) is 0 Å². The molecular weight excluding hydrogens is 409 g/mol. The lowest BCUT2D eigenvalue weighted by Crippen LogP contribution is -2.35. The molecule has 2 aromatic rings. The lowest BCUT2D eigenvalue weighted by molar-refractivity contribution is 0.0341. The van der Waals surface area contributed by atoms with E-state index in [9.17, 15) is 4.79 Å². The van der Waals surface area contributed by atoms with Crippen LogP contribution in [0.3, 0.4) is 0 Å². The highest BCUT2D eigenvalue weighted by molar-refractivity contribution is 5.94. The first-order chi connectivity index (χ1) is 13.2. The van der Waals surface area contributed by atoms with Gasteiger partial charge in [-0.25, -0.2) is 0 Å².